The minimum atomic E-state index is -0.949. The zero-order valence-electron chi connectivity index (χ0n) is 22.8. The molecule has 1 aliphatic rings. The molecule has 6 rings (SSSR count). The van der Waals surface area contributed by atoms with E-state index in [1.54, 1.807) is 68.8 Å². The van der Waals surface area contributed by atoms with Crippen LogP contribution in [-0.4, -0.2) is 36.0 Å². The van der Waals surface area contributed by atoms with Gasteiger partial charge in [0.25, 0.3) is 5.78 Å². The largest absolute Gasteiger partial charge is 0.507 e. The Bertz CT molecular complexity index is 1810. The van der Waals surface area contributed by atoms with E-state index in [1.807, 2.05) is 42.5 Å². The van der Waals surface area contributed by atoms with Crippen LogP contribution in [-0.2, 0) is 16.2 Å². The third-order valence-electron chi connectivity index (χ3n) is 7.02. The average molecular weight is 579 g/mol. The normalized spacial score (nSPS) is 16.1. The van der Waals surface area contributed by atoms with Crippen LogP contribution in [0.2, 0.25) is 0 Å². The third-order valence-corrected chi connectivity index (χ3v) is 8.04. The number of carbonyl (C=O) groups excluding carboxylic acids is 2. The summed E-state index contributed by atoms with van der Waals surface area (Å²) < 4.78 is 17.4. The van der Waals surface area contributed by atoms with Crippen LogP contribution in [0.25, 0.3) is 16.0 Å². The van der Waals surface area contributed by atoms with Gasteiger partial charge >= 0.3 is 5.91 Å². The van der Waals surface area contributed by atoms with Gasteiger partial charge in [-0.2, -0.15) is 0 Å². The number of methoxy groups -OCH3 is 2. The van der Waals surface area contributed by atoms with Gasteiger partial charge in [-0.25, -0.2) is 4.98 Å². The fraction of sp³-hybridized carbons (Fsp3) is 0.121. The number of rotatable bonds is 8. The van der Waals surface area contributed by atoms with Gasteiger partial charge in [0.15, 0.2) is 5.13 Å². The van der Waals surface area contributed by atoms with Crippen molar-refractivity contribution in [3.63, 3.8) is 0 Å². The van der Waals surface area contributed by atoms with Crippen LogP contribution in [0.15, 0.2) is 103 Å². The van der Waals surface area contributed by atoms with Crippen molar-refractivity contribution in [1.29, 1.82) is 0 Å². The molecule has 0 bridgehead atoms. The lowest BCUT2D eigenvalue weighted by molar-refractivity contribution is -0.132. The smallest absolute Gasteiger partial charge is 0.301 e. The second-order valence-corrected chi connectivity index (χ2v) is 10.6. The number of ether oxygens (including phenoxy) is 3. The molecule has 1 saturated heterocycles. The maximum Gasteiger partial charge on any atom is 0.301 e. The fourth-order valence-corrected chi connectivity index (χ4v) is 5.91. The number of anilines is 1. The molecule has 1 unspecified atom stereocenters. The van der Waals surface area contributed by atoms with Gasteiger partial charge in [0.1, 0.15) is 29.6 Å². The van der Waals surface area contributed by atoms with Gasteiger partial charge in [0.05, 0.1) is 36.1 Å². The van der Waals surface area contributed by atoms with Gasteiger partial charge in [0, 0.05) is 5.56 Å². The number of thiazole rings is 1. The number of nitrogens with zero attached hydrogens (tertiary/aromatic N) is 2. The molecule has 0 spiro atoms. The molecule has 210 valence electrons. The van der Waals surface area contributed by atoms with Gasteiger partial charge < -0.3 is 19.3 Å². The van der Waals surface area contributed by atoms with Crippen molar-refractivity contribution in [3.8, 4) is 17.2 Å². The van der Waals surface area contributed by atoms with Crippen LogP contribution < -0.4 is 19.1 Å². The van der Waals surface area contributed by atoms with Gasteiger partial charge in [0.2, 0.25) is 0 Å². The Morgan fingerprint density at radius 2 is 1.60 bits per heavy atom. The zero-order chi connectivity index (χ0) is 29.2. The maximum absolute atomic E-state index is 13.7. The molecule has 0 aliphatic carbocycles. The molecule has 1 N–H and O–H groups in total. The number of aliphatic hydroxyl groups excluding tert-OH is 1. The number of benzene rings is 4. The standard InChI is InChI=1S/C33H26N2O6S/c1-39-23-13-11-21(12-14-23)30(36)28-29(22-9-6-10-25(17-22)41-19-20-7-4-3-5-8-20)35(32(38)31(28)37)33-34-26-16-15-24(40-2)18-27(26)42-33/h3-18,29,36H,19H2,1-2H3. The van der Waals surface area contributed by atoms with E-state index >= 15 is 0 Å². The summed E-state index contributed by atoms with van der Waals surface area (Å²) in [5.74, 6) is -0.0736. The molecule has 0 saturated carbocycles. The molecule has 1 atom stereocenters. The molecule has 2 heterocycles. The van der Waals surface area contributed by atoms with Gasteiger partial charge in [-0.3, -0.25) is 14.5 Å². The van der Waals surface area contributed by atoms with Crippen molar-refractivity contribution in [2.45, 2.75) is 12.6 Å². The van der Waals surface area contributed by atoms with Crippen molar-refractivity contribution in [2.75, 3.05) is 19.1 Å². The highest BCUT2D eigenvalue weighted by Crippen LogP contribution is 2.45. The van der Waals surface area contributed by atoms with E-state index in [4.69, 9.17) is 14.2 Å². The van der Waals surface area contributed by atoms with E-state index in [0.29, 0.717) is 45.6 Å². The topological polar surface area (TPSA) is 98.2 Å². The number of amides is 1. The van der Waals surface area contributed by atoms with E-state index < -0.39 is 17.7 Å². The van der Waals surface area contributed by atoms with E-state index in [0.717, 1.165) is 10.3 Å². The number of aromatic nitrogens is 1. The molecule has 9 heteroatoms. The first-order valence-electron chi connectivity index (χ1n) is 13.1. The van der Waals surface area contributed by atoms with Crippen molar-refractivity contribution in [3.05, 3.63) is 119 Å². The highest BCUT2D eigenvalue weighted by molar-refractivity contribution is 7.22. The summed E-state index contributed by atoms with van der Waals surface area (Å²) in [7, 11) is 3.12. The first-order chi connectivity index (χ1) is 20.5. The first kappa shape index (κ1) is 27.0. The Labute approximate surface area is 246 Å². The Balaban J connectivity index is 1.47. The lowest BCUT2D eigenvalue weighted by Gasteiger charge is -2.23. The van der Waals surface area contributed by atoms with Crippen LogP contribution in [0.1, 0.15) is 22.7 Å². The number of fused-ring (bicyclic) bond motifs is 1. The van der Waals surface area contributed by atoms with E-state index in [9.17, 15) is 14.7 Å². The molecule has 1 aromatic heterocycles. The SMILES string of the molecule is COc1ccc(C(O)=C2C(=O)C(=O)N(c3nc4ccc(OC)cc4s3)C2c2cccc(OCc3ccccc3)c2)cc1. The monoisotopic (exact) mass is 578 g/mol. The van der Waals surface area contributed by atoms with Gasteiger partial charge in [-0.1, -0.05) is 53.8 Å². The second kappa shape index (κ2) is 11.4. The quantitative estimate of drug-likeness (QED) is 0.127. The van der Waals surface area contributed by atoms with Crippen molar-refractivity contribution in [1.82, 2.24) is 4.98 Å². The third kappa shape index (κ3) is 5.06. The molecular weight excluding hydrogens is 552 g/mol. The van der Waals surface area contributed by atoms with E-state index in [1.165, 1.54) is 16.2 Å². The Hall–Kier alpha value is -5.15. The number of hydrogen-bond acceptors (Lipinski definition) is 8. The minimum Gasteiger partial charge on any atom is -0.507 e. The lowest BCUT2D eigenvalue weighted by atomic mass is 9.95. The number of hydrogen-bond donors (Lipinski definition) is 1. The molecule has 1 amide bonds. The summed E-state index contributed by atoms with van der Waals surface area (Å²) in [6.07, 6.45) is 0. The summed E-state index contributed by atoms with van der Waals surface area (Å²) in [6.45, 7) is 0.343. The molecule has 4 aromatic carbocycles. The predicted octanol–water partition coefficient (Wildman–Crippen LogP) is 6.52. The average Bonchev–Trinajstić information content (AvgIpc) is 3.57. The Morgan fingerprint density at radius 3 is 2.33 bits per heavy atom. The summed E-state index contributed by atoms with van der Waals surface area (Å²) in [6, 6.07) is 28.1. The van der Waals surface area contributed by atoms with Crippen LogP contribution >= 0.6 is 11.3 Å². The predicted molar refractivity (Wildman–Crippen MR) is 161 cm³/mol. The Morgan fingerprint density at radius 1 is 0.857 bits per heavy atom. The van der Waals surface area contributed by atoms with E-state index in [2.05, 4.69) is 4.98 Å². The van der Waals surface area contributed by atoms with Crippen molar-refractivity contribution >= 4 is 44.1 Å². The van der Waals surface area contributed by atoms with Crippen molar-refractivity contribution in [2.24, 2.45) is 0 Å². The highest BCUT2D eigenvalue weighted by Gasteiger charge is 2.48. The first-order valence-corrected chi connectivity index (χ1v) is 13.9. The summed E-state index contributed by atoms with van der Waals surface area (Å²) >= 11 is 1.26. The maximum atomic E-state index is 13.7. The number of aliphatic hydroxyl groups is 1. The number of Topliss-reactive ketones (excluding diaryl/α,β-unsaturated/α-hetero) is 1. The molecule has 1 fully saturated rings. The second-order valence-electron chi connectivity index (χ2n) is 9.57. The van der Waals surface area contributed by atoms with Crippen LogP contribution in [0.3, 0.4) is 0 Å². The Kier molecular flexibility index (Phi) is 7.33. The lowest BCUT2D eigenvalue weighted by Crippen LogP contribution is -2.29. The highest BCUT2D eigenvalue weighted by atomic mass is 32.1. The van der Waals surface area contributed by atoms with Gasteiger partial charge in [-0.15, -0.1) is 0 Å². The molecule has 1 aliphatic heterocycles. The van der Waals surface area contributed by atoms with Crippen LogP contribution in [0.5, 0.6) is 17.2 Å². The number of carbonyl (C=O) groups is 2. The summed E-state index contributed by atoms with van der Waals surface area (Å²) in [5.41, 5.74) is 2.59. The fourth-order valence-electron chi connectivity index (χ4n) is 4.89. The minimum absolute atomic E-state index is 0.0396. The number of ketones is 1. The molecule has 0 radical (unpaired) electrons. The van der Waals surface area contributed by atoms with Crippen LogP contribution in [0.4, 0.5) is 5.13 Å². The van der Waals surface area contributed by atoms with Gasteiger partial charge in [-0.05, 0) is 65.7 Å². The van der Waals surface area contributed by atoms with E-state index in [-0.39, 0.29) is 11.3 Å². The summed E-state index contributed by atoms with van der Waals surface area (Å²) in [5, 5.41) is 11.8. The molecule has 8 nitrogen and oxygen atoms in total. The van der Waals surface area contributed by atoms with Crippen LogP contribution in [0, 0.1) is 0 Å². The summed E-state index contributed by atoms with van der Waals surface area (Å²) in [4.78, 5) is 33.3. The zero-order valence-corrected chi connectivity index (χ0v) is 23.6. The molecular formula is C33H26N2O6S. The van der Waals surface area contributed by atoms with Crippen molar-refractivity contribution < 1.29 is 28.9 Å². The molecule has 42 heavy (non-hydrogen) atoms. The molecule has 5 aromatic rings.